The van der Waals surface area contributed by atoms with Crippen molar-refractivity contribution in [2.45, 2.75) is 69.3 Å². The Bertz CT molecular complexity index is 1090. The summed E-state index contributed by atoms with van der Waals surface area (Å²) in [5.41, 5.74) is 3.71. The zero-order valence-corrected chi connectivity index (χ0v) is 18.6. The summed E-state index contributed by atoms with van der Waals surface area (Å²) in [4.78, 5) is 19.1. The SMILES string of the molecule is C=C(CCC(F)(F)F)c1nc(C2CCOC(c3cnn(C4CC4)c3)C2)cc2c1CN(C)C2=O. The molecular formula is C24H27F3N4O2. The van der Waals surface area contributed by atoms with Crippen LogP contribution in [0, 0.1) is 0 Å². The van der Waals surface area contributed by atoms with Crippen LogP contribution in [0.25, 0.3) is 5.57 Å². The van der Waals surface area contributed by atoms with Gasteiger partial charge in [0.25, 0.3) is 5.91 Å². The summed E-state index contributed by atoms with van der Waals surface area (Å²) in [6.45, 7) is 4.78. The fraction of sp³-hybridized carbons (Fsp3) is 0.542. The molecule has 1 saturated carbocycles. The highest BCUT2D eigenvalue weighted by Gasteiger charge is 2.34. The van der Waals surface area contributed by atoms with Crippen LogP contribution in [0.2, 0.25) is 0 Å². The lowest BCUT2D eigenvalue weighted by Gasteiger charge is -2.29. The van der Waals surface area contributed by atoms with Gasteiger partial charge in [-0.2, -0.15) is 18.3 Å². The van der Waals surface area contributed by atoms with Gasteiger partial charge in [-0.05, 0) is 43.7 Å². The number of hydrogen-bond donors (Lipinski definition) is 0. The Balaban J connectivity index is 1.42. The Hall–Kier alpha value is -2.68. The molecule has 2 unspecified atom stereocenters. The van der Waals surface area contributed by atoms with Crippen molar-refractivity contribution in [3.8, 4) is 0 Å². The van der Waals surface area contributed by atoms with E-state index in [9.17, 15) is 18.0 Å². The molecule has 1 amide bonds. The molecule has 176 valence electrons. The quantitative estimate of drug-likeness (QED) is 0.595. The lowest BCUT2D eigenvalue weighted by molar-refractivity contribution is -0.133. The molecule has 6 nitrogen and oxygen atoms in total. The minimum Gasteiger partial charge on any atom is -0.373 e. The molecule has 2 aromatic heterocycles. The Morgan fingerprint density at radius 2 is 2.09 bits per heavy atom. The summed E-state index contributed by atoms with van der Waals surface area (Å²) in [6, 6.07) is 2.31. The number of amides is 1. The van der Waals surface area contributed by atoms with E-state index in [4.69, 9.17) is 9.72 Å². The molecule has 2 aromatic rings. The van der Waals surface area contributed by atoms with Crippen LogP contribution in [0.15, 0.2) is 25.0 Å². The Morgan fingerprint density at radius 1 is 1.30 bits per heavy atom. The highest BCUT2D eigenvalue weighted by Crippen LogP contribution is 2.41. The average molecular weight is 461 g/mol. The summed E-state index contributed by atoms with van der Waals surface area (Å²) in [6.07, 6.45) is 2.03. The number of alkyl halides is 3. The third-order valence-corrected chi connectivity index (χ3v) is 6.78. The van der Waals surface area contributed by atoms with E-state index in [1.165, 1.54) is 0 Å². The van der Waals surface area contributed by atoms with Gasteiger partial charge < -0.3 is 9.64 Å². The topological polar surface area (TPSA) is 60.3 Å². The van der Waals surface area contributed by atoms with Gasteiger partial charge >= 0.3 is 6.18 Å². The number of hydrogen-bond acceptors (Lipinski definition) is 4. The molecule has 2 aliphatic heterocycles. The lowest BCUT2D eigenvalue weighted by Crippen LogP contribution is -2.20. The maximum absolute atomic E-state index is 12.8. The van der Waals surface area contributed by atoms with Crippen LogP contribution >= 0.6 is 0 Å². The van der Waals surface area contributed by atoms with E-state index in [0.29, 0.717) is 48.0 Å². The van der Waals surface area contributed by atoms with Crippen LogP contribution in [0.4, 0.5) is 13.2 Å². The van der Waals surface area contributed by atoms with Crippen molar-refractivity contribution < 1.29 is 22.7 Å². The number of fused-ring (bicyclic) bond motifs is 1. The van der Waals surface area contributed by atoms with Crippen molar-refractivity contribution in [1.82, 2.24) is 19.7 Å². The smallest absolute Gasteiger partial charge is 0.373 e. The minimum absolute atomic E-state index is 0.0335. The Kier molecular flexibility index (Phi) is 5.55. The van der Waals surface area contributed by atoms with Gasteiger partial charge in [-0.15, -0.1) is 0 Å². The van der Waals surface area contributed by atoms with Gasteiger partial charge in [0.05, 0.1) is 24.0 Å². The Labute approximate surface area is 190 Å². The second-order valence-electron chi connectivity index (χ2n) is 9.37. The Morgan fingerprint density at radius 3 is 2.82 bits per heavy atom. The van der Waals surface area contributed by atoms with Gasteiger partial charge in [0.2, 0.25) is 0 Å². The molecule has 0 bridgehead atoms. The number of carbonyl (C=O) groups excluding carboxylic acids is 1. The number of rotatable bonds is 6. The molecule has 0 spiro atoms. The van der Waals surface area contributed by atoms with E-state index in [-0.39, 0.29) is 24.3 Å². The largest absolute Gasteiger partial charge is 0.389 e. The zero-order chi connectivity index (χ0) is 23.3. The first-order valence-corrected chi connectivity index (χ1v) is 11.4. The van der Waals surface area contributed by atoms with E-state index >= 15 is 0 Å². The molecule has 33 heavy (non-hydrogen) atoms. The summed E-state index contributed by atoms with van der Waals surface area (Å²) in [5, 5.41) is 4.46. The standard InChI is InChI=1S/C24H27F3N4O2/c1-14(5-7-24(25,26)27)22-19-13-30(2)23(32)18(19)10-20(29-22)15-6-8-33-21(9-15)16-11-28-31(12-16)17-3-4-17/h10-12,15,17,21H,1,3-9,13H2,2H3. The molecule has 3 aliphatic rings. The van der Waals surface area contributed by atoms with Gasteiger partial charge in [0, 0.05) is 61.1 Å². The molecular weight excluding hydrogens is 433 g/mol. The van der Waals surface area contributed by atoms with E-state index in [2.05, 4.69) is 11.7 Å². The van der Waals surface area contributed by atoms with Gasteiger partial charge in [0.1, 0.15) is 0 Å². The minimum atomic E-state index is -4.27. The summed E-state index contributed by atoms with van der Waals surface area (Å²) >= 11 is 0. The first kappa shape index (κ1) is 22.1. The van der Waals surface area contributed by atoms with Crippen LogP contribution in [-0.4, -0.2) is 45.4 Å². The van der Waals surface area contributed by atoms with Crippen molar-refractivity contribution >= 4 is 11.5 Å². The van der Waals surface area contributed by atoms with Gasteiger partial charge in [0.15, 0.2) is 0 Å². The molecule has 2 fully saturated rings. The van der Waals surface area contributed by atoms with E-state index in [0.717, 1.165) is 30.5 Å². The molecule has 1 saturated heterocycles. The monoisotopic (exact) mass is 460 g/mol. The van der Waals surface area contributed by atoms with Crippen LogP contribution < -0.4 is 0 Å². The molecule has 0 radical (unpaired) electrons. The second kappa shape index (κ2) is 8.27. The van der Waals surface area contributed by atoms with E-state index in [1.54, 1.807) is 11.9 Å². The molecule has 1 aliphatic carbocycles. The molecule has 5 rings (SSSR count). The van der Waals surface area contributed by atoms with E-state index < -0.39 is 12.6 Å². The first-order chi connectivity index (χ1) is 15.7. The van der Waals surface area contributed by atoms with Crippen LogP contribution in [0.1, 0.15) is 89.5 Å². The third kappa shape index (κ3) is 4.55. The number of allylic oxidation sites excluding steroid dienone is 1. The lowest BCUT2D eigenvalue weighted by atomic mass is 9.88. The van der Waals surface area contributed by atoms with Crippen LogP contribution in [0.3, 0.4) is 0 Å². The molecule has 2 atom stereocenters. The van der Waals surface area contributed by atoms with Crippen molar-refractivity contribution in [2.24, 2.45) is 0 Å². The first-order valence-electron chi connectivity index (χ1n) is 11.4. The van der Waals surface area contributed by atoms with E-state index in [1.807, 2.05) is 23.1 Å². The molecule has 0 N–H and O–H groups in total. The van der Waals surface area contributed by atoms with Crippen molar-refractivity contribution in [3.63, 3.8) is 0 Å². The second-order valence-corrected chi connectivity index (χ2v) is 9.37. The molecule has 4 heterocycles. The number of pyridine rings is 1. The van der Waals surface area contributed by atoms with Gasteiger partial charge in [-0.25, -0.2) is 0 Å². The van der Waals surface area contributed by atoms with Gasteiger partial charge in [-0.3, -0.25) is 14.5 Å². The number of carbonyl (C=O) groups is 1. The van der Waals surface area contributed by atoms with Crippen LogP contribution in [-0.2, 0) is 11.3 Å². The summed E-state index contributed by atoms with van der Waals surface area (Å²) in [5.74, 6) is -0.0981. The predicted molar refractivity (Wildman–Crippen MR) is 116 cm³/mol. The number of ether oxygens (including phenoxy) is 1. The molecule has 9 heteroatoms. The fourth-order valence-electron chi connectivity index (χ4n) is 4.73. The average Bonchev–Trinajstić information content (AvgIpc) is 3.45. The third-order valence-electron chi connectivity index (χ3n) is 6.78. The fourth-order valence-corrected chi connectivity index (χ4v) is 4.73. The van der Waals surface area contributed by atoms with Gasteiger partial charge in [-0.1, -0.05) is 6.58 Å². The maximum Gasteiger partial charge on any atom is 0.389 e. The molecule has 0 aromatic carbocycles. The normalized spacial score (nSPS) is 23.2. The van der Waals surface area contributed by atoms with Crippen molar-refractivity contribution in [3.05, 3.63) is 53.1 Å². The summed E-state index contributed by atoms with van der Waals surface area (Å²) < 4.78 is 46.5. The highest BCUT2D eigenvalue weighted by molar-refractivity contribution is 5.99. The van der Waals surface area contributed by atoms with Crippen LogP contribution in [0.5, 0.6) is 0 Å². The van der Waals surface area contributed by atoms with Crippen molar-refractivity contribution in [2.75, 3.05) is 13.7 Å². The highest BCUT2D eigenvalue weighted by atomic mass is 19.4. The predicted octanol–water partition coefficient (Wildman–Crippen LogP) is 5.19. The zero-order valence-electron chi connectivity index (χ0n) is 18.6. The summed E-state index contributed by atoms with van der Waals surface area (Å²) in [7, 11) is 1.69. The van der Waals surface area contributed by atoms with Crippen molar-refractivity contribution in [1.29, 1.82) is 0 Å². The number of aromatic nitrogens is 3. The number of nitrogens with zero attached hydrogens (tertiary/aromatic N) is 4. The maximum atomic E-state index is 12.8. The number of halogens is 3.